The Morgan fingerprint density at radius 1 is 1.18 bits per heavy atom. The lowest BCUT2D eigenvalue weighted by atomic mass is 10.00. The molecule has 0 saturated heterocycles. The fraction of sp³-hybridized carbons (Fsp3) is 0.889. The van der Waals surface area contributed by atoms with Gasteiger partial charge in [0.25, 0.3) is 0 Å². The topological polar surface area (TPSA) is 37.0 Å². The summed E-state index contributed by atoms with van der Waals surface area (Å²) in [6, 6.07) is 0. The van der Waals surface area contributed by atoms with Gasteiger partial charge in [0.1, 0.15) is 0 Å². The van der Waals surface area contributed by atoms with Crippen molar-refractivity contribution in [1.82, 2.24) is 0 Å². The minimum Gasteiger partial charge on any atom is -0.247 e. The maximum Gasteiger partial charge on any atom is 0.358 e. The van der Waals surface area contributed by atoms with Crippen molar-refractivity contribution >= 4 is 5.97 Å². The van der Waals surface area contributed by atoms with Gasteiger partial charge >= 0.3 is 5.97 Å². The number of hydrogen-bond acceptors (Lipinski definition) is 1. The number of rotatable bonds is 5. The van der Waals surface area contributed by atoms with E-state index in [-0.39, 0.29) is 5.92 Å². The molecule has 1 atom stereocenters. The van der Waals surface area contributed by atoms with Gasteiger partial charge in [-0.25, -0.2) is 9.90 Å². The summed E-state index contributed by atoms with van der Waals surface area (Å²) in [4.78, 5) is 10.3. The molecule has 1 radical (unpaired) electrons. The number of carbonyl (C=O) groups excluding carboxylic acids is 1. The molecule has 0 amide bonds. The first-order chi connectivity index (χ1) is 5.04. The van der Waals surface area contributed by atoms with E-state index in [0.29, 0.717) is 5.92 Å². The van der Waals surface area contributed by atoms with Crippen molar-refractivity contribution in [3.63, 3.8) is 0 Å². The molecule has 0 aliphatic carbocycles. The molecular formula is C9H17O2. The highest BCUT2D eigenvalue weighted by molar-refractivity contribution is 5.68. The van der Waals surface area contributed by atoms with Crippen molar-refractivity contribution < 1.29 is 9.90 Å². The molecule has 0 aromatic rings. The molecule has 0 fully saturated rings. The average Bonchev–Trinajstić information content (AvgIpc) is 1.86. The molecule has 1 unspecified atom stereocenters. The van der Waals surface area contributed by atoms with E-state index < -0.39 is 5.97 Å². The summed E-state index contributed by atoms with van der Waals surface area (Å²) < 4.78 is 0. The first-order valence-corrected chi connectivity index (χ1v) is 4.25. The van der Waals surface area contributed by atoms with Gasteiger partial charge in [-0.3, -0.25) is 0 Å². The molecular weight excluding hydrogens is 140 g/mol. The van der Waals surface area contributed by atoms with Gasteiger partial charge in [0, 0.05) is 0 Å². The van der Waals surface area contributed by atoms with E-state index in [4.69, 9.17) is 0 Å². The third kappa shape index (κ3) is 5.89. The minimum atomic E-state index is -0.922. The normalized spacial score (nSPS) is 13.5. The van der Waals surface area contributed by atoms with Crippen LogP contribution in [-0.4, -0.2) is 5.97 Å². The van der Waals surface area contributed by atoms with Crippen LogP contribution >= 0.6 is 0 Å². The molecule has 0 saturated carbocycles. The zero-order chi connectivity index (χ0) is 8.85. The van der Waals surface area contributed by atoms with Gasteiger partial charge in [0.2, 0.25) is 0 Å². The van der Waals surface area contributed by atoms with Crippen LogP contribution in [0.5, 0.6) is 0 Å². The second-order valence-electron chi connectivity index (χ2n) is 3.54. The molecule has 0 aliphatic heterocycles. The van der Waals surface area contributed by atoms with E-state index in [9.17, 15) is 9.90 Å². The maximum absolute atomic E-state index is 10.3. The Morgan fingerprint density at radius 3 is 2.09 bits per heavy atom. The van der Waals surface area contributed by atoms with Gasteiger partial charge in [-0.1, -0.05) is 33.6 Å². The summed E-state index contributed by atoms with van der Waals surface area (Å²) in [7, 11) is 0. The Morgan fingerprint density at radius 2 is 1.73 bits per heavy atom. The van der Waals surface area contributed by atoms with Crippen molar-refractivity contribution in [2.45, 2.75) is 40.0 Å². The zero-order valence-electron chi connectivity index (χ0n) is 7.59. The fourth-order valence-electron chi connectivity index (χ4n) is 0.950. The molecule has 0 bridgehead atoms. The van der Waals surface area contributed by atoms with Gasteiger partial charge in [-0.05, 0) is 12.3 Å². The van der Waals surface area contributed by atoms with E-state index in [0.717, 1.165) is 19.3 Å². The molecule has 0 aromatic heterocycles. The van der Waals surface area contributed by atoms with Crippen molar-refractivity contribution in [1.29, 1.82) is 0 Å². The third-order valence-electron chi connectivity index (χ3n) is 1.82. The van der Waals surface area contributed by atoms with Crippen LogP contribution in [0.3, 0.4) is 0 Å². The number of carbonyl (C=O) groups is 1. The molecule has 0 aromatic carbocycles. The molecule has 0 heterocycles. The smallest absolute Gasteiger partial charge is 0.247 e. The highest BCUT2D eigenvalue weighted by atomic mass is 16.4. The van der Waals surface area contributed by atoms with Crippen LogP contribution in [0.15, 0.2) is 0 Å². The van der Waals surface area contributed by atoms with Crippen molar-refractivity contribution in [3.8, 4) is 0 Å². The maximum atomic E-state index is 10.3. The Labute approximate surface area is 68.6 Å². The standard InChI is InChI=1S/C9H17O2/c1-7(2)5-4-6-8(3)9(10)11/h7-8H,4-6H2,1-3H3. The van der Waals surface area contributed by atoms with Gasteiger partial charge in [0.15, 0.2) is 0 Å². The Balaban J connectivity index is 3.31. The highest BCUT2D eigenvalue weighted by Crippen LogP contribution is 2.12. The predicted molar refractivity (Wildman–Crippen MR) is 43.5 cm³/mol. The first-order valence-electron chi connectivity index (χ1n) is 4.25. The van der Waals surface area contributed by atoms with Crippen LogP contribution in [0, 0.1) is 11.8 Å². The molecule has 11 heavy (non-hydrogen) atoms. The Hall–Kier alpha value is -0.530. The summed E-state index contributed by atoms with van der Waals surface area (Å²) in [6.07, 6.45) is 2.85. The van der Waals surface area contributed by atoms with Gasteiger partial charge in [0.05, 0.1) is 5.92 Å². The summed E-state index contributed by atoms with van der Waals surface area (Å²) in [5, 5.41) is 10.3. The van der Waals surface area contributed by atoms with E-state index in [1.807, 2.05) is 0 Å². The van der Waals surface area contributed by atoms with E-state index in [2.05, 4.69) is 13.8 Å². The third-order valence-corrected chi connectivity index (χ3v) is 1.82. The van der Waals surface area contributed by atoms with Crippen LogP contribution in [0.4, 0.5) is 0 Å². The molecule has 2 heteroatoms. The fourth-order valence-corrected chi connectivity index (χ4v) is 0.950. The molecule has 65 valence electrons. The van der Waals surface area contributed by atoms with Crippen molar-refractivity contribution in [3.05, 3.63) is 0 Å². The summed E-state index contributed by atoms with van der Waals surface area (Å²) in [5.41, 5.74) is 0. The quantitative estimate of drug-likeness (QED) is 0.603. The Kier molecular flexibility index (Phi) is 4.92. The largest absolute Gasteiger partial charge is 0.358 e. The van der Waals surface area contributed by atoms with Crippen molar-refractivity contribution in [2.24, 2.45) is 11.8 Å². The predicted octanol–water partition coefficient (Wildman–Crippen LogP) is 2.41. The summed E-state index contributed by atoms with van der Waals surface area (Å²) in [6.45, 7) is 5.99. The van der Waals surface area contributed by atoms with Crippen LogP contribution in [0.2, 0.25) is 0 Å². The molecule has 2 nitrogen and oxygen atoms in total. The first kappa shape index (κ1) is 10.5. The second kappa shape index (κ2) is 5.16. The summed E-state index contributed by atoms with van der Waals surface area (Å²) >= 11 is 0. The van der Waals surface area contributed by atoms with Crippen LogP contribution in [-0.2, 0) is 9.90 Å². The SMILES string of the molecule is CC(C)CCCC(C)C([O])=O. The highest BCUT2D eigenvalue weighted by Gasteiger charge is 2.11. The van der Waals surface area contributed by atoms with E-state index in [1.165, 1.54) is 0 Å². The second-order valence-corrected chi connectivity index (χ2v) is 3.54. The lowest BCUT2D eigenvalue weighted by molar-refractivity contribution is -0.147. The molecule has 0 aliphatic rings. The van der Waals surface area contributed by atoms with Crippen LogP contribution in [0.1, 0.15) is 40.0 Å². The molecule has 0 N–H and O–H groups in total. The van der Waals surface area contributed by atoms with Crippen LogP contribution in [0.25, 0.3) is 0 Å². The van der Waals surface area contributed by atoms with Crippen LogP contribution < -0.4 is 0 Å². The summed E-state index contributed by atoms with van der Waals surface area (Å²) in [5.74, 6) is -0.536. The van der Waals surface area contributed by atoms with Gasteiger partial charge in [-0.2, -0.15) is 0 Å². The van der Waals surface area contributed by atoms with Gasteiger partial charge in [-0.15, -0.1) is 0 Å². The van der Waals surface area contributed by atoms with E-state index >= 15 is 0 Å². The lowest BCUT2D eigenvalue weighted by Crippen LogP contribution is -2.07. The molecule has 0 rings (SSSR count). The van der Waals surface area contributed by atoms with Crippen molar-refractivity contribution in [2.75, 3.05) is 0 Å². The lowest BCUT2D eigenvalue weighted by Gasteiger charge is -2.05. The number of hydrogen-bond donors (Lipinski definition) is 0. The minimum absolute atomic E-state index is 0.284. The Bertz CT molecular complexity index is 119. The zero-order valence-corrected chi connectivity index (χ0v) is 7.59. The monoisotopic (exact) mass is 157 g/mol. The van der Waals surface area contributed by atoms with E-state index in [1.54, 1.807) is 6.92 Å². The molecule has 0 spiro atoms. The average molecular weight is 157 g/mol. The van der Waals surface area contributed by atoms with Gasteiger partial charge < -0.3 is 0 Å².